The second-order valence-electron chi connectivity index (χ2n) is 7.07. The fourth-order valence-electron chi connectivity index (χ4n) is 2.72. The van der Waals surface area contributed by atoms with Crippen LogP contribution in [0.2, 0.25) is 0 Å². The van der Waals surface area contributed by atoms with Gasteiger partial charge in [-0.1, -0.05) is 12.1 Å². The molecule has 0 unspecified atom stereocenters. The van der Waals surface area contributed by atoms with Gasteiger partial charge >= 0.3 is 6.09 Å². The van der Waals surface area contributed by atoms with Crippen LogP contribution in [0, 0.1) is 0 Å². The summed E-state index contributed by atoms with van der Waals surface area (Å²) in [7, 11) is 0. The fraction of sp³-hybridized carbons (Fsp3) is 0.556. The molecule has 0 spiro atoms. The highest BCUT2D eigenvalue weighted by Crippen LogP contribution is 2.21. The number of hydrogen-bond donors (Lipinski definition) is 2. The van der Waals surface area contributed by atoms with Crippen LogP contribution in [0.4, 0.5) is 4.79 Å². The van der Waals surface area contributed by atoms with Crippen molar-refractivity contribution in [2.75, 3.05) is 6.54 Å². The van der Waals surface area contributed by atoms with Gasteiger partial charge in [-0.15, -0.1) is 12.6 Å². The van der Waals surface area contributed by atoms with E-state index in [0.29, 0.717) is 19.5 Å². The largest absolute Gasteiger partial charge is 0.444 e. The van der Waals surface area contributed by atoms with Crippen LogP contribution in [0.1, 0.15) is 45.6 Å². The second-order valence-corrected chi connectivity index (χ2v) is 7.59. The molecule has 0 aliphatic carbocycles. The van der Waals surface area contributed by atoms with E-state index in [0.717, 1.165) is 23.3 Å². The van der Waals surface area contributed by atoms with E-state index < -0.39 is 17.7 Å². The van der Waals surface area contributed by atoms with E-state index in [-0.39, 0.29) is 5.91 Å². The minimum atomic E-state index is -0.567. The maximum absolute atomic E-state index is 12.6. The van der Waals surface area contributed by atoms with Crippen molar-refractivity contribution in [2.45, 2.75) is 63.1 Å². The Morgan fingerprint density at radius 1 is 1.33 bits per heavy atom. The number of nitrogens with one attached hydrogen (secondary N) is 1. The molecule has 2 amide bonds. The third-order valence-electron chi connectivity index (χ3n) is 3.81. The Kier molecular flexibility index (Phi) is 6.15. The number of nitrogens with zero attached hydrogens (tertiary/aromatic N) is 1. The topological polar surface area (TPSA) is 58.6 Å². The van der Waals surface area contributed by atoms with Gasteiger partial charge in [-0.25, -0.2) is 4.79 Å². The minimum absolute atomic E-state index is 0.134. The van der Waals surface area contributed by atoms with Crippen LogP contribution in [0.15, 0.2) is 29.2 Å². The zero-order chi connectivity index (χ0) is 17.7. The molecule has 0 bridgehead atoms. The molecule has 1 aromatic rings. The number of piperidine rings is 1. The lowest BCUT2D eigenvalue weighted by atomic mass is 10.0. The second kappa shape index (κ2) is 7.92. The lowest BCUT2D eigenvalue weighted by Crippen LogP contribution is -2.52. The summed E-state index contributed by atoms with van der Waals surface area (Å²) >= 11 is 4.30. The average Bonchev–Trinajstić information content (AvgIpc) is 2.51. The van der Waals surface area contributed by atoms with E-state index in [2.05, 4.69) is 17.9 Å². The van der Waals surface area contributed by atoms with Gasteiger partial charge in [-0.05, 0) is 57.7 Å². The van der Waals surface area contributed by atoms with Crippen molar-refractivity contribution in [1.29, 1.82) is 0 Å². The number of thiol groups is 1. The van der Waals surface area contributed by atoms with Crippen molar-refractivity contribution in [2.24, 2.45) is 0 Å². The SMILES string of the molecule is CC(C)(C)OC(=O)N1CCCC[C@@H]1C(=O)NCc1cccc(S)c1. The van der Waals surface area contributed by atoms with Gasteiger partial charge in [0.2, 0.25) is 5.91 Å². The number of ether oxygens (including phenoxy) is 1. The van der Waals surface area contributed by atoms with Crippen molar-refractivity contribution >= 4 is 24.6 Å². The van der Waals surface area contributed by atoms with Crippen molar-refractivity contribution in [3.63, 3.8) is 0 Å². The molecule has 1 aromatic carbocycles. The molecule has 6 heteroatoms. The Bertz CT molecular complexity index is 598. The monoisotopic (exact) mass is 350 g/mol. The van der Waals surface area contributed by atoms with Gasteiger partial charge in [0.1, 0.15) is 11.6 Å². The normalized spacial score (nSPS) is 18.2. The summed E-state index contributed by atoms with van der Waals surface area (Å²) < 4.78 is 5.43. The molecule has 0 aromatic heterocycles. The number of carbonyl (C=O) groups is 2. The molecule has 1 aliphatic heterocycles. The fourth-order valence-corrected chi connectivity index (χ4v) is 2.97. The molecule has 132 valence electrons. The molecule has 0 radical (unpaired) electrons. The number of likely N-dealkylation sites (tertiary alicyclic amines) is 1. The van der Waals surface area contributed by atoms with Crippen LogP contribution in [0.25, 0.3) is 0 Å². The first-order valence-electron chi connectivity index (χ1n) is 8.31. The zero-order valence-electron chi connectivity index (χ0n) is 14.5. The van der Waals surface area contributed by atoms with E-state index in [1.807, 2.05) is 45.0 Å². The third-order valence-corrected chi connectivity index (χ3v) is 4.09. The first-order chi connectivity index (χ1) is 11.3. The smallest absolute Gasteiger partial charge is 0.410 e. The number of benzene rings is 1. The summed E-state index contributed by atoms with van der Waals surface area (Å²) in [6.07, 6.45) is 2.08. The molecule has 1 heterocycles. The maximum atomic E-state index is 12.6. The molecule has 24 heavy (non-hydrogen) atoms. The quantitative estimate of drug-likeness (QED) is 0.822. The van der Waals surface area contributed by atoms with Crippen molar-refractivity contribution < 1.29 is 14.3 Å². The highest BCUT2D eigenvalue weighted by atomic mass is 32.1. The lowest BCUT2D eigenvalue weighted by molar-refractivity contribution is -0.127. The minimum Gasteiger partial charge on any atom is -0.444 e. The predicted octanol–water partition coefficient (Wildman–Crippen LogP) is 3.38. The summed E-state index contributed by atoms with van der Waals surface area (Å²) in [5.41, 5.74) is 0.415. The Balaban J connectivity index is 1.98. The first kappa shape index (κ1) is 18.6. The van der Waals surface area contributed by atoms with E-state index in [9.17, 15) is 9.59 Å². The molecule has 1 fully saturated rings. The van der Waals surface area contributed by atoms with Crippen LogP contribution in [-0.4, -0.2) is 35.1 Å². The molecule has 1 aliphatic rings. The summed E-state index contributed by atoms with van der Waals surface area (Å²) in [5.74, 6) is -0.134. The third kappa shape index (κ3) is 5.44. The Morgan fingerprint density at radius 3 is 2.75 bits per heavy atom. The van der Waals surface area contributed by atoms with Crippen molar-refractivity contribution in [1.82, 2.24) is 10.2 Å². The summed E-state index contributed by atoms with van der Waals surface area (Å²) in [4.78, 5) is 27.3. The van der Waals surface area contributed by atoms with Crippen LogP contribution >= 0.6 is 12.6 Å². The lowest BCUT2D eigenvalue weighted by Gasteiger charge is -2.35. The molecular formula is C18H26N2O3S. The van der Waals surface area contributed by atoms with Crippen LogP contribution in [-0.2, 0) is 16.1 Å². The number of amides is 2. The van der Waals surface area contributed by atoms with E-state index >= 15 is 0 Å². The predicted molar refractivity (Wildman–Crippen MR) is 96.1 cm³/mol. The summed E-state index contributed by atoms with van der Waals surface area (Å²) in [6.45, 7) is 6.46. The van der Waals surface area contributed by atoms with Crippen LogP contribution < -0.4 is 5.32 Å². The number of rotatable bonds is 3. The Hall–Kier alpha value is -1.69. The Labute approximate surface area is 149 Å². The highest BCUT2D eigenvalue weighted by molar-refractivity contribution is 7.80. The summed E-state index contributed by atoms with van der Waals surface area (Å²) in [5, 5.41) is 2.92. The molecule has 2 rings (SSSR count). The number of hydrogen-bond acceptors (Lipinski definition) is 4. The standard InChI is InChI=1S/C18H26N2O3S/c1-18(2,3)23-17(22)20-10-5-4-9-15(20)16(21)19-12-13-7-6-8-14(24)11-13/h6-8,11,15,24H,4-5,9-10,12H2,1-3H3,(H,19,21)/t15-/m1/s1. The van der Waals surface area contributed by atoms with Gasteiger partial charge in [0.15, 0.2) is 0 Å². The van der Waals surface area contributed by atoms with E-state index in [1.165, 1.54) is 0 Å². The molecular weight excluding hydrogens is 324 g/mol. The molecule has 0 saturated carbocycles. The molecule has 1 saturated heterocycles. The first-order valence-corrected chi connectivity index (χ1v) is 8.76. The van der Waals surface area contributed by atoms with Crippen molar-refractivity contribution in [3.8, 4) is 0 Å². The van der Waals surface area contributed by atoms with Gasteiger partial charge < -0.3 is 10.1 Å². The molecule has 1 N–H and O–H groups in total. The average molecular weight is 350 g/mol. The van der Waals surface area contributed by atoms with Gasteiger partial charge in [0, 0.05) is 18.0 Å². The number of carbonyl (C=O) groups excluding carboxylic acids is 2. The van der Waals surface area contributed by atoms with Crippen LogP contribution in [0.3, 0.4) is 0 Å². The van der Waals surface area contributed by atoms with Gasteiger partial charge in [0.05, 0.1) is 0 Å². The summed E-state index contributed by atoms with van der Waals surface area (Å²) in [6, 6.07) is 7.17. The molecule has 5 nitrogen and oxygen atoms in total. The van der Waals surface area contributed by atoms with Crippen molar-refractivity contribution in [3.05, 3.63) is 29.8 Å². The maximum Gasteiger partial charge on any atom is 0.410 e. The van der Waals surface area contributed by atoms with Gasteiger partial charge in [-0.3, -0.25) is 9.69 Å². The van der Waals surface area contributed by atoms with E-state index in [4.69, 9.17) is 4.74 Å². The van der Waals surface area contributed by atoms with E-state index in [1.54, 1.807) is 4.90 Å². The molecule has 1 atom stereocenters. The van der Waals surface area contributed by atoms with Gasteiger partial charge in [0.25, 0.3) is 0 Å². The Morgan fingerprint density at radius 2 is 2.08 bits per heavy atom. The zero-order valence-corrected chi connectivity index (χ0v) is 15.4. The van der Waals surface area contributed by atoms with Crippen LogP contribution in [0.5, 0.6) is 0 Å². The highest BCUT2D eigenvalue weighted by Gasteiger charge is 2.34. The van der Waals surface area contributed by atoms with Gasteiger partial charge in [-0.2, -0.15) is 0 Å².